The van der Waals surface area contributed by atoms with Gasteiger partial charge in [-0.05, 0) is 53.6 Å². The van der Waals surface area contributed by atoms with E-state index in [0.717, 1.165) is 9.87 Å². The van der Waals surface area contributed by atoms with Gasteiger partial charge in [0, 0.05) is 25.0 Å². The molecule has 0 radical (unpaired) electrons. The number of nitrogens with one attached hydrogen (secondary N) is 1. The quantitative estimate of drug-likeness (QED) is 0.187. The zero-order chi connectivity index (χ0) is 31.1. The Balaban J connectivity index is 1.82. The lowest BCUT2D eigenvalue weighted by Gasteiger charge is -2.33. The minimum absolute atomic E-state index is 0.0305. The fraction of sp³-hybridized carbons (Fsp3) is 0.161. The van der Waals surface area contributed by atoms with Crippen LogP contribution >= 0.6 is 46.4 Å². The Morgan fingerprint density at radius 1 is 0.767 bits per heavy atom. The summed E-state index contributed by atoms with van der Waals surface area (Å²) in [7, 11) is -2.82. The predicted molar refractivity (Wildman–Crippen MR) is 172 cm³/mol. The number of nitrogens with zero attached hydrogens (tertiary/aromatic N) is 2. The molecule has 0 aliphatic heterocycles. The molecular formula is C31H27Cl4N3O4S. The van der Waals surface area contributed by atoms with Crippen LogP contribution in [0.15, 0.2) is 102 Å². The molecule has 4 rings (SSSR count). The van der Waals surface area contributed by atoms with Gasteiger partial charge in [-0.1, -0.05) is 101 Å². The second-order valence-corrected chi connectivity index (χ2v) is 13.0. The van der Waals surface area contributed by atoms with Crippen LogP contribution in [0, 0.1) is 0 Å². The summed E-state index contributed by atoms with van der Waals surface area (Å²) < 4.78 is 28.9. The summed E-state index contributed by atoms with van der Waals surface area (Å²) >= 11 is 25.0. The fourth-order valence-corrected chi connectivity index (χ4v) is 6.81. The van der Waals surface area contributed by atoms with Crippen molar-refractivity contribution in [1.82, 2.24) is 10.2 Å². The molecule has 1 N–H and O–H groups in total. The first-order chi connectivity index (χ1) is 20.5. The Bertz CT molecular complexity index is 1710. The number of halogens is 4. The van der Waals surface area contributed by atoms with Crippen LogP contribution in [0.4, 0.5) is 5.69 Å². The first kappa shape index (κ1) is 32.6. The maximum absolute atomic E-state index is 14.3. The van der Waals surface area contributed by atoms with Crippen LogP contribution < -0.4 is 9.62 Å². The highest BCUT2D eigenvalue weighted by molar-refractivity contribution is 7.92. The number of anilines is 1. The highest BCUT2D eigenvalue weighted by Crippen LogP contribution is 2.33. The number of likely N-dealkylation sites (N-methyl/N-ethyl adjacent to an activating group) is 1. The van der Waals surface area contributed by atoms with Gasteiger partial charge in [0.15, 0.2) is 0 Å². The zero-order valence-corrected chi connectivity index (χ0v) is 26.7. The van der Waals surface area contributed by atoms with Crippen molar-refractivity contribution in [2.75, 3.05) is 17.9 Å². The van der Waals surface area contributed by atoms with Gasteiger partial charge < -0.3 is 10.2 Å². The molecule has 43 heavy (non-hydrogen) atoms. The van der Waals surface area contributed by atoms with Gasteiger partial charge in [-0.2, -0.15) is 0 Å². The third kappa shape index (κ3) is 8.02. The highest BCUT2D eigenvalue weighted by Gasteiger charge is 2.35. The van der Waals surface area contributed by atoms with Crippen molar-refractivity contribution < 1.29 is 18.0 Å². The molecule has 4 aromatic rings. The van der Waals surface area contributed by atoms with Gasteiger partial charge in [0.1, 0.15) is 12.6 Å². The minimum atomic E-state index is -4.29. The topological polar surface area (TPSA) is 86.8 Å². The Morgan fingerprint density at radius 2 is 1.42 bits per heavy atom. The number of sulfonamides is 1. The second-order valence-electron chi connectivity index (χ2n) is 9.51. The average Bonchev–Trinajstić information content (AvgIpc) is 3.00. The third-order valence-corrected chi connectivity index (χ3v) is 9.69. The van der Waals surface area contributed by atoms with Crippen LogP contribution in [-0.4, -0.2) is 44.8 Å². The summed E-state index contributed by atoms with van der Waals surface area (Å²) in [5, 5.41) is 3.56. The van der Waals surface area contributed by atoms with E-state index in [-0.39, 0.29) is 33.6 Å². The van der Waals surface area contributed by atoms with E-state index in [0.29, 0.717) is 15.6 Å². The van der Waals surface area contributed by atoms with Gasteiger partial charge in [0.25, 0.3) is 10.0 Å². The van der Waals surface area contributed by atoms with Crippen LogP contribution in [0.5, 0.6) is 0 Å². The standard InChI is InChI=1S/C31H27Cl4N3O4S/c1-36-31(40)29(17-21-8-4-2-5-9-21)37(19-22-12-14-25(33)26(34)16-22)30(39)20-38(28-15-13-23(32)18-27(28)35)43(41,42)24-10-6-3-7-11-24/h2-16,18,29H,17,19-20H2,1H3,(H,36,40)/t29-/m1/s1. The Hall–Kier alpha value is -3.27. The van der Waals surface area contributed by atoms with Crippen LogP contribution in [0.1, 0.15) is 11.1 Å². The van der Waals surface area contributed by atoms with Gasteiger partial charge in [-0.25, -0.2) is 8.42 Å². The van der Waals surface area contributed by atoms with E-state index < -0.39 is 34.4 Å². The number of amides is 2. The van der Waals surface area contributed by atoms with Crippen molar-refractivity contribution in [2.24, 2.45) is 0 Å². The smallest absolute Gasteiger partial charge is 0.264 e. The molecule has 0 aliphatic carbocycles. The average molecular weight is 679 g/mol. The molecule has 0 unspecified atom stereocenters. The fourth-order valence-electron chi connectivity index (χ4n) is 4.47. The van der Waals surface area contributed by atoms with E-state index in [9.17, 15) is 18.0 Å². The van der Waals surface area contributed by atoms with Gasteiger partial charge in [-0.15, -0.1) is 0 Å². The molecular weight excluding hydrogens is 652 g/mol. The highest BCUT2D eigenvalue weighted by atomic mass is 35.5. The van der Waals surface area contributed by atoms with Crippen LogP contribution in [0.25, 0.3) is 0 Å². The molecule has 0 aliphatic rings. The minimum Gasteiger partial charge on any atom is -0.357 e. The number of hydrogen-bond donors (Lipinski definition) is 1. The molecule has 0 spiro atoms. The van der Waals surface area contributed by atoms with Crippen molar-refractivity contribution in [1.29, 1.82) is 0 Å². The maximum Gasteiger partial charge on any atom is 0.264 e. The lowest BCUT2D eigenvalue weighted by Crippen LogP contribution is -2.53. The van der Waals surface area contributed by atoms with Gasteiger partial charge in [0.05, 0.1) is 25.7 Å². The molecule has 0 saturated carbocycles. The molecule has 2 amide bonds. The Kier molecular flexibility index (Phi) is 11.0. The lowest BCUT2D eigenvalue weighted by atomic mass is 10.0. The van der Waals surface area contributed by atoms with Crippen LogP contribution in [0.3, 0.4) is 0 Å². The van der Waals surface area contributed by atoms with E-state index in [4.69, 9.17) is 46.4 Å². The number of carbonyl (C=O) groups excluding carboxylic acids is 2. The summed E-state index contributed by atoms with van der Waals surface area (Å²) in [5.41, 5.74) is 1.45. The van der Waals surface area contributed by atoms with Crippen molar-refractivity contribution in [3.05, 3.63) is 128 Å². The number of hydrogen-bond acceptors (Lipinski definition) is 4. The molecule has 1 atom stereocenters. The third-order valence-electron chi connectivity index (χ3n) is 6.64. The molecule has 7 nitrogen and oxygen atoms in total. The molecule has 0 aromatic heterocycles. The van der Waals surface area contributed by atoms with Crippen molar-refractivity contribution in [2.45, 2.75) is 23.9 Å². The SMILES string of the molecule is CNC(=O)[C@@H](Cc1ccccc1)N(Cc1ccc(Cl)c(Cl)c1)C(=O)CN(c1ccc(Cl)cc1Cl)S(=O)(=O)c1ccccc1. The van der Waals surface area contributed by atoms with Crippen LogP contribution in [-0.2, 0) is 32.6 Å². The lowest BCUT2D eigenvalue weighted by molar-refractivity contribution is -0.139. The van der Waals surface area contributed by atoms with E-state index in [1.165, 1.54) is 42.3 Å². The van der Waals surface area contributed by atoms with Crippen molar-refractivity contribution in [3.8, 4) is 0 Å². The van der Waals surface area contributed by atoms with E-state index >= 15 is 0 Å². The monoisotopic (exact) mass is 677 g/mol. The predicted octanol–water partition coefficient (Wildman–Crippen LogP) is 6.88. The van der Waals surface area contributed by atoms with Gasteiger partial charge in [-0.3, -0.25) is 13.9 Å². The summed E-state index contributed by atoms with van der Waals surface area (Å²) in [6.07, 6.45) is 0.167. The molecule has 12 heteroatoms. The van der Waals surface area contributed by atoms with Gasteiger partial charge in [0.2, 0.25) is 11.8 Å². The number of rotatable bonds is 11. The van der Waals surface area contributed by atoms with Gasteiger partial charge >= 0.3 is 0 Å². The summed E-state index contributed by atoms with van der Waals surface area (Å²) in [4.78, 5) is 28.9. The molecule has 0 saturated heterocycles. The zero-order valence-electron chi connectivity index (χ0n) is 22.9. The Labute approximate surface area is 271 Å². The molecule has 0 heterocycles. The van der Waals surface area contributed by atoms with E-state index in [2.05, 4.69) is 5.32 Å². The molecule has 0 bridgehead atoms. The van der Waals surface area contributed by atoms with Crippen LogP contribution in [0.2, 0.25) is 20.1 Å². The molecule has 224 valence electrons. The molecule has 4 aromatic carbocycles. The van der Waals surface area contributed by atoms with Crippen molar-refractivity contribution >= 4 is 73.9 Å². The maximum atomic E-state index is 14.3. The number of carbonyl (C=O) groups is 2. The molecule has 0 fully saturated rings. The largest absolute Gasteiger partial charge is 0.357 e. The summed E-state index contributed by atoms with van der Waals surface area (Å²) in [6, 6.07) is 25.1. The van der Waals surface area contributed by atoms with E-state index in [1.807, 2.05) is 30.3 Å². The number of benzene rings is 4. The first-order valence-corrected chi connectivity index (χ1v) is 16.0. The normalized spacial score (nSPS) is 11.9. The summed E-state index contributed by atoms with van der Waals surface area (Å²) in [5.74, 6) is -1.08. The van der Waals surface area contributed by atoms with E-state index in [1.54, 1.807) is 36.4 Å². The Morgan fingerprint density at radius 3 is 2.02 bits per heavy atom. The second kappa shape index (κ2) is 14.5. The first-order valence-electron chi connectivity index (χ1n) is 13.0. The van der Waals surface area contributed by atoms with Crippen molar-refractivity contribution in [3.63, 3.8) is 0 Å². The summed E-state index contributed by atoms with van der Waals surface area (Å²) in [6.45, 7) is -0.726.